The van der Waals surface area contributed by atoms with Crippen molar-refractivity contribution in [3.63, 3.8) is 0 Å². The fourth-order valence-corrected chi connectivity index (χ4v) is 3.64. The summed E-state index contributed by atoms with van der Waals surface area (Å²) in [4.78, 5) is 13.3. The van der Waals surface area contributed by atoms with E-state index in [1.54, 1.807) is 24.9 Å². The largest absolute Gasteiger partial charge is 0.497 e. The molecule has 152 valence electrons. The van der Waals surface area contributed by atoms with Crippen molar-refractivity contribution in [1.82, 2.24) is 14.9 Å². The molecule has 10 heteroatoms. The first kappa shape index (κ1) is 20.9. The first-order valence-corrected chi connectivity index (χ1v) is 10.8. The van der Waals surface area contributed by atoms with Crippen LogP contribution >= 0.6 is 23.5 Å². The van der Waals surface area contributed by atoms with Gasteiger partial charge in [-0.15, -0.1) is 22.0 Å². The van der Waals surface area contributed by atoms with Crippen molar-refractivity contribution in [2.75, 3.05) is 30.3 Å². The number of benzene rings is 2. The van der Waals surface area contributed by atoms with E-state index in [4.69, 9.17) is 15.3 Å². The highest BCUT2D eigenvalue weighted by Gasteiger charge is 2.14. The molecule has 8 nitrogen and oxygen atoms in total. The van der Waals surface area contributed by atoms with E-state index in [0.717, 1.165) is 10.6 Å². The molecule has 1 heterocycles. The highest BCUT2D eigenvalue weighted by molar-refractivity contribution is 7.99. The van der Waals surface area contributed by atoms with Crippen LogP contribution in [0.5, 0.6) is 11.5 Å². The van der Waals surface area contributed by atoms with Crippen molar-refractivity contribution in [2.45, 2.75) is 16.7 Å². The van der Waals surface area contributed by atoms with Gasteiger partial charge in [-0.05, 0) is 30.5 Å². The summed E-state index contributed by atoms with van der Waals surface area (Å²) in [7, 11) is 1.59. The lowest BCUT2D eigenvalue weighted by atomic mass is 10.3. The number of hydrogen-bond donors (Lipinski definition) is 2. The Kier molecular flexibility index (Phi) is 7.25. The van der Waals surface area contributed by atoms with Crippen LogP contribution < -0.4 is 20.6 Å². The maximum Gasteiger partial charge on any atom is 0.234 e. The molecule has 0 radical (unpaired) electrons. The Morgan fingerprint density at radius 1 is 1.17 bits per heavy atom. The van der Waals surface area contributed by atoms with Crippen LogP contribution in [-0.2, 0) is 11.4 Å². The first-order chi connectivity index (χ1) is 14.1. The molecule has 3 N–H and O–H groups in total. The maximum absolute atomic E-state index is 12.3. The van der Waals surface area contributed by atoms with Gasteiger partial charge < -0.3 is 20.6 Å². The minimum atomic E-state index is -0.145. The number of hydrogen-bond acceptors (Lipinski definition) is 8. The number of nitrogens with two attached hydrogens (primary N) is 1. The highest BCUT2D eigenvalue weighted by Crippen LogP contribution is 2.25. The van der Waals surface area contributed by atoms with Crippen LogP contribution in [0.3, 0.4) is 0 Å². The predicted molar refractivity (Wildman–Crippen MR) is 115 cm³/mol. The summed E-state index contributed by atoms with van der Waals surface area (Å²) >= 11 is 2.78. The molecule has 0 unspecified atom stereocenters. The molecular weight excluding hydrogens is 410 g/mol. The molecular formula is C19H21N5O3S2. The van der Waals surface area contributed by atoms with E-state index in [1.807, 2.05) is 48.7 Å². The minimum Gasteiger partial charge on any atom is -0.497 e. The zero-order valence-corrected chi connectivity index (χ0v) is 17.6. The normalized spacial score (nSPS) is 10.6. The average Bonchev–Trinajstić information content (AvgIpc) is 3.10. The van der Waals surface area contributed by atoms with Crippen LogP contribution in [0.15, 0.2) is 58.6 Å². The van der Waals surface area contributed by atoms with Crippen molar-refractivity contribution < 1.29 is 14.3 Å². The Labute approximate surface area is 177 Å². The quantitative estimate of drug-likeness (QED) is 0.394. The van der Waals surface area contributed by atoms with Crippen molar-refractivity contribution >= 4 is 35.1 Å². The Balaban J connectivity index is 1.54. The summed E-state index contributed by atoms with van der Waals surface area (Å²) in [6.07, 6.45) is 1.96. The minimum absolute atomic E-state index is 0.143. The van der Waals surface area contributed by atoms with Crippen LogP contribution in [0.25, 0.3) is 0 Å². The van der Waals surface area contributed by atoms with E-state index in [2.05, 4.69) is 15.5 Å². The fraction of sp³-hybridized carbons (Fsp3) is 0.211. The topological polar surface area (TPSA) is 104 Å². The van der Waals surface area contributed by atoms with E-state index in [1.165, 1.54) is 16.4 Å². The van der Waals surface area contributed by atoms with Gasteiger partial charge in [-0.25, -0.2) is 4.68 Å². The third-order valence-corrected chi connectivity index (χ3v) is 5.60. The second-order valence-electron chi connectivity index (χ2n) is 5.77. The molecule has 3 rings (SSSR count). The molecule has 0 saturated heterocycles. The lowest BCUT2D eigenvalue weighted by Crippen LogP contribution is -2.18. The zero-order valence-electron chi connectivity index (χ0n) is 16.0. The summed E-state index contributed by atoms with van der Waals surface area (Å²) in [5.41, 5.74) is 0.784. The summed E-state index contributed by atoms with van der Waals surface area (Å²) in [6, 6.07) is 14.9. The Bertz CT molecular complexity index is 980. The first-order valence-electron chi connectivity index (χ1n) is 8.62. The summed E-state index contributed by atoms with van der Waals surface area (Å²) in [6.45, 7) is 0.143. The molecule has 0 atom stereocenters. The number of anilines is 1. The third kappa shape index (κ3) is 5.58. The van der Waals surface area contributed by atoms with Gasteiger partial charge in [0.25, 0.3) is 0 Å². The molecule has 0 saturated carbocycles. The van der Waals surface area contributed by atoms with Gasteiger partial charge in [0.1, 0.15) is 18.1 Å². The molecule has 0 bridgehead atoms. The van der Waals surface area contributed by atoms with Crippen LogP contribution in [0.1, 0.15) is 5.82 Å². The Morgan fingerprint density at radius 3 is 2.76 bits per heavy atom. The van der Waals surface area contributed by atoms with Gasteiger partial charge in [0.05, 0.1) is 18.6 Å². The number of carbonyl (C=O) groups is 1. The number of methoxy groups -OCH3 is 1. The van der Waals surface area contributed by atoms with Crippen molar-refractivity contribution in [3.05, 3.63) is 54.4 Å². The van der Waals surface area contributed by atoms with Gasteiger partial charge >= 0.3 is 0 Å². The van der Waals surface area contributed by atoms with Gasteiger partial charge in [-0.2, -0.15) is 0 Å². The molecule has 0 fully saturated rings. The number of amides is 1. The molecule has 1 amide bonds. The van der Waals surface area contributed by atoms with Crippen LogP contribution in [0, 0.1) is 0 Å². The smallest absolute Gasteiger partial charge is 0.234 e. The van der Waals surface area contributed by atoms with Crippen LogP contribution in [0.2, 0.25) is 0 Å². The number of nitrogen functional groups attached to an aromatic ring is 1. The molecule has 0 aliphatic heterocycles. The second-order valence-corrected chi connectivity index (χ2v) is 7.56. The number of thioether (sulfide) groups is 2. The molecule has 0 aliphatic rings. The number of carbonyl (C=O) groups excluding carboxylic acids is 1. The SMILES string of the molecule is COc1cccc(OCc2nnc(SCC(=O)Nc3ccccc3SC)n2N)c1. The Morgan fingerprint density at radius 2 is 1.97 bits per heavy atom. The lowest BCUT2D eigenvalue weighted by Gasteiger charge is -2.09. The van der Waals surface area contributed by atoms with E-state index >= 15 is 0 Å². The van der Waals surface area contributed by atoms with Gasteiger partial charge in [0, 0.05) is 11.0 Å². The van der Waals surface area contributed by atoms with Gasteiger partial charge in [-0.3, -0.25) is 4.79 Å². The lowest BCUT2D eigenvalue weighted by molar-refractivity contribution is -0.113. The standard InChI is InChI=1S/C19H21N5O3S2/c1-26-13-6-5-7-14(10-13)27-11-17-22-23-19(24(17)20)29-12-18(25)21-15-8-3-4-9-16(15)28-2/h3-10H,11-12,20H2,1-2H3,(H,21,25). The molecule has 2 aromatic carbocycles. The number of rotatable bonds is 9. The van der Waals surface area contributed by atoms with Crippen LogP contribution in [-0.4, -0.2) is 39.9 Å². The number of aromatic nitrogens is 3. The average molecular weight is 432 g/mol. The number of nitrogens with one attached hydrogen (secondary N) is 1. The van der Waals surface area contributed by atoms with Gasteiger partial charge in [-0.1, -0.05) is 30.0 Å². The van der Waals surface area contributed by atoms with E-state index < -0.39 is 0 Å². The predicted octanol–water partition coefficient (Wildman–Crippen LogP) is 3.03. The zero-order chi connectivity index (χ0) is 20.6. The van der Waals surface area contributed by atoms with Gasteiger partial charge in [0.15, 0.2) is 5.82 Å². The van der Waals surface area contributed by atoms with E-state index in [9.17, 15) is 4.79 Å². The second kappa shape index (κ2) is 10.1. The van der Waals surface area contributed by atoms with Crippen molar-refractivity contribution in [2.24, 2.45) is 0 Å². The van der Waals surface area contributed by atoms with Gasteiger partial charge in [0.2, 0.25) is 11.1 Å². The molecule has 0 spiro atoms. The third-order valence-electron chi connectivity index (χ3n) is 3.86. The Hall–Kier alpha value is -2.85. The molecule has 3 aromatic rings. The molecule has 0 aliphatic carbocycles. The summed E-state index contributed by atoms with van der Waals surface area (Å²) in [5.74, 6) is 7.83. The summed E-state index contributed by atoms with van der Waals surface area (Å²) < 4.78 is 12.2. The number of nitrogens with zero attached hydrogens (tertiary/aromatic N) is 3. The molecule has 1 aromatic heterocycles. The highest BCUT2D eigenvalue weighted by atomic mass is 32.2. The number of ether oxygens (including phenoxy) is 2. The summed E-state index contributed by atoms with van der Waals surface area (Å²) in [5, 5.41) is 11.4. The maximum atomic E-state index is 12.3. The van der Waals surface area contributed by atoms with E-state index in [0.29, 0.717) is 22.5 Å². The van der Waals surface area contributed by atoms with Crippen molar-refractivity contribution in [3.8, 4) is 11.5 Å². The fourth-order valence-electron chi connectivity index (χ4n) is 2.41. The number of para-hydroxylation sites is 1. The van der Waals surface area contributed by atoms with E-state index in [-0.39, 0.29) is 18.3 Å². The van der Waals surface area contributed by atoms with Crippen LogP contribution in [0.4, 0.5) is 5.69 Å². The monoisotopic (exact) mass is 431 g/mol. The molecule has 29 heavy (non-hydrogen) atoms. The van der Waals surface area contributed by atoms with Crippen molar-refractivity contribution in [1.29, 1.82) is 0 Å².